The summed E-state index contributed by atoms with van der Waals surface area (Å²) in [7, 11) is 1.59. The minimum Gasteiger partial charge on any atom is -0.411 e. The number of nitrogens with zero attached hydrogens (tertiary/aromatic N) is 2. The van der Waals surface area contributed by atoms with Crippen LogP contribution >= 0.6 is 23.4 Å². The quantitative estimate of drug-likeness (QED) is 0.780. The summed E-state index contributed by atoms with van der Waals surface area (Å²) < 4.78 is 10.5. The summed E-state index contributed by atoms with van der Waals surface area (Å²) in [4.78, 5) is 11.7. The maximum atomic E-state index is 11.7. The number of carbonyl (C=O) groups is 1. The van der Waals surface area contributed by atoms with Crippen molar-refractivity contribution in [1.29, 1.82) is 0 Å². The van der Waals surface area contributed by atoms with Crippen molar-refractivity contribution in [3.63, 3.8) is 0 Å². The van der Waals surface area contributed by atoms with Crippen LogP contribution < -0.4 is 5.32 Å². The van der Waals surface area contributed by atoms with Crippen molar-refractivity contribution in [1.82, 2.24) is 15.5 Å². The van der Waals surface area contributed by atoms with Crippen molar-refractivity contribution in [3.05, 3.63) is 29.3 Å². The summed E-state index contributed by atoms with van der Waals surface area (Å²) in [5, 5.41) is 11.7. The number of hydrogen-bond donors (Lipinski definition) is 1. The maximum absolute atomic E-state index is 11.7. The van der Waals surface area contributed by atoms with E-state index in [9.17, 15) is 4.79 Å². The number of thioether (sulfide) groups is 1. The molecule has 0 aliphatic rings. The normalized spacial score (nSPS) is 12.1. The molecule has 0 aliphatic heterocycles. The van der Waals surface area contributed by atoms with Crippen LogP contribution in [0.3, 0.4) is 0 Å². The highest BCUT2D eigenvalue weighted by atomic mass is 35.5. The van der Waals surface area contributed by atoms with Crippen molar-refractivity contribution in [2.75, 3.05) is 19.5 Å². The van der Waals surface area contributed by atoms with Gasteiger partial charge in [-0.25, -0.2) is 0 Å². The molecule has 0 aliphatic carbocycles. The number of halogens is 1. The molecule has 0 radical (unpaired) electrons. The topological polar surface area (TPSA) is 77.2 Å². The third-order valence-electron chi connectivity index (χ3n) is 2.65. The van der Waals surface area contributed by atoms with Gasteiger partial charge in [-0.2, -0.15) is 0 Å². The second-order valence-corrected chi connectivity index (χ2v) is 5.96. The van der Waals surface area contributed by atoms with Crippen LogP contribution in [-0.2, 0) is 9.53 Å². The molecule has 0 saturated heterocycles. The van der Waals surface area contributed by atoms with Crippen LogP contribution in [0.1, 0.15) is 6.92 Å². The highest BCUT2D eigenvalue weighted by molar-refractivity contribution is 7.99. The summed E-state index contributed by atoms with van der Waals surface area (Å²) in [6, 6.07) is 7.05. The molecular weight excluding hydrogens is 326 g/mol. The molecule has 0 fully saturated rings. The lowest BCUT2D eigenvalue weighted by Gasteiger charge is -2.11. The fourth-order valence-corrected chi connectivity index (χ4v) is 2.41. The van der Waals surface area contributed by atoms with Crippen molar-refractivity contribution in [3.8, 4) is 11.5 Å². The number of hydrogen-bond acceptors (Lipinski definition) is 6. The Balaban J connectivity index is 1.87. The Morgan fingerprint density at radius 2 is 2.14 bits per heavy atom. The largest absolute Gasteiger partial charge is 0.411 e. The van der Waals surface area contributed by atoms with Crippen LogP contribution in [0.15, 0.2) is 33.9 Å². The molecule has 0 unspecified atom stereocenters. The monoisotopic (exact) mass is 341 g/mol. The van der Waals surface area contributed by atoms with E-state index in [4.69, 9.17) is 20.8 Å². The van der Waals surface area contributed by atoms with Crippen molar-refractivity contribution < 1.29 is 13.9 Å². The fourth-order valence-electron chi connectivity index (χ4n) is 1.71. The molecule has 1 aromatic heterocycles. The Bertz CT molecular complexity index is 618. The zero-order valence-electron chi connectivity index (χ0n) is 12.2. The van der Waals surface area contributed by atoms with Gasteiger partial charge in [-0.15, -0.1) is 10.2 Å². The molecule has 1 aromatic carbocycles. The molecule has 0 spiro atoms. The van der Waals surface area contributed by atoms with E-state index in [1.54, 1.807) is 31.4 Å². The van der Waals surface area contributed by atoms with Crippen molar-refractivity contribution >= 4 is 29.3 Å². The Labute approximate surface area is 137 Å². The van der Waals surface area contributed by atoms with Gasteiger partial charge in [0.2, 0.25) is 11.8 Å². The predicted octanol–water partition coefficient (Wildman–Crippen LogP) is 2.63. The van der Waals surface area contributed by atoms with E-state index >= 15 is 0 Å². The molecule has 1 amide bonds. The van der Waals surface area contributed by atoms with E-state index in [1.165, 1.54) is 11.8 Å². The van der Waals surface area contributed by atoms with Crippen molar-refractivity contribution in [2.24, 2.45) is 0 Å². The van der Waals surface area contributed by atoms with E-state index in [-0.39, 0.29) is 17.7 Å². The van der Waals surface area contributed by atoms with E-state index in [0.717, 1.165) is 5.56 Å². The molecule has 2 rings (SSSR count). The van der Waals surface area contributed by atoms with E-state index in [2.05, 4.69) is 15.5 Å². The van der Waals surface area contributed by atoms with Gasteiger partial charge in [0.05, 0.1) is 12.4 Å². The first-order valence-corrected chi connectivity index (χ1v) is 7.95. The predicted molar refractivity (Wildman–Crippen MR) is 84.9 cm³/mol. The van der Waals surface area contributed by atoms with Gasteiger partial charge >= 0.3 is 0 Å². The van der Waals surface area contributed by atoms with Crippen LogP contribution in [0.25, 0.3) is 11.5 Å². The smallest absolute Gasteiger partial charge is 0.277 e. The lowest BCUT2D eigenvalue weighted by molar-refractivity contribution is -0.119. The first-order chi connectivity index (χ1) is 10.6. The van der Waals surface area contributed by atoms with Crippen LogP contribution in [-0.4, -0.2) is 41.6 Å². The van der Waals surface area contributed by atoms with Crippen LogP contribution in [0.5, 0.6) is 0 Å². The number of methoxy groups -OCH3 is 1. The number of carbonyl (C=O) groups excluding carboxylic acids is 1. The molecule has 1 N–H and O–H groups in total. The van der Waals surface area contributed by atoms with Crippen LogP contribution in [0.2, 0.25) is 5.02 Å². The van der Waals surface area contributed by atoms with Gasteiger partial charge in [-0.3, -0.25) is 4.79 Å². The number of ether oxygens (including phenoxy) is 1. The summed E-state index contributed by atoms with van der Waals surface area (Å²) in [5.41, 5.74) is 0.780. The molecule has 0 bridgehead atoms. The standard InChI is InChI=1S/C14H16ClN3O3S/c1-9(7-20-2)16-12(19)8-22-14-18-17-13(21-14)10-3-5-11(15)6-4-10/h3-6,9H,7-8H2,1-2H3,(H,16,19)/t9-/m1/s1. The molecule has 8 heteroatoms. The zero-order chi connectivity index (χ0) is 15.9. The summed E-state index contributed by atoms with van der Waals surface area (Å²) >= 11 is 7.02. The van der Waals surface area contributed by atoms with Gasteiger partial charge in [-0.05, 0) is 31.2 Å². The van der Waals surface area contributed by atoms with E-state index < -0.39 is 0 Å². The lowest BCUT2D eigenvalue weighted by Crippen LogP contribution is -2.36. The number of benzene rings is 1. The Kier molecular flexibility index (Phi) is 6.23. The van der Waals surface area contributed by atoms with Crippen LogP contribution in [0.4, 0.5) is 0 Å². The number of amides is 1. The summed E-state index contributed by atoms with van der Waals surface area (Å²) in [6.07, 6.45) is 0. The fraction of sp³-hybridized carbons (Fsp3) is 0.357. The van der Waals surface area contributed by atoms with Crippen LogP contribution in [0, 0.1) is 0 Å². The minimum atomic E-state index is -0.110. The molecule has 2 aromatic rings. The molecule has 22 heavy (non-hydrogen) atoms. The maximum Gasteiger partial charge on any atom is 0.277 e. The lowest BCUT2D eigenvalue weighted by atomic mass is 10.2. The second-order valence-electron chi connectivity index (χ2n) is 4.59. The molecule has 118 valence electrons. The third kappa shape index (κ3) is 5.01. The summed E-state index contributed by atoms with van der Waals surface area (Å²) in [6.45, 7) is 2.34. The summed E-state index contributed by atoms with van der Waals surface area (Å²) in [5.74, 6) is 0.490. The number of nitrogens with one attached hydrogen (secondary N) is 1. The van der Waals surface area contributed by atoms with E-state index in [0.29, 0.717) is 22.7 Å². The zero-order valence-corrected chi connectivity index (χ0v) is 13.8. The van der Waals surface area contributed by atoms with Gasteiger partial charge in [-0.1, -0.05) is 23.4 Å². The number of rotatable bonds is 7. The molecular formula is C14H16ClN3O3S. The van der Waals surface area contributed by atoms with Gasteiger partial charge in [0.25, 0.3) is 5.22 Å². The highest BCUT2D eigenvalue weighted by Crippen LogP contribution is 2.24. The average Bonchev–Trinajstić information content (AvgIpc) is 2.95. The van der Waals surface area contributed by atoms with Gasteiger partial charge in [0.15, 0.2) is 0 Å². The Morgan fingerprint density at radius 1 is 1.41 bits per heavy atom. The minimum absolute atomic E-state index is 0.0367. The Hall–Kier alpha value is -1.57. The van der Waals surface area contributed by atoms with Crippen molar-refractivity contribution in [2.45, 2.75) is 18.2 Å². The Morgan fingerprint density at radius 3 is 2.82 bits per heavy atom. The first kappa shape index (κ1) is 16.8. The molecule has 0 saturated carbocycles. The second kappa shape index (κ2) is 8.17. The molecule has 1 atom stereocenters. The van der Waals surface area contributed by atoms with Gasteiger partial charge < -0.3 is 14.5 Å². The van der Waals surface area contributed by atoms with Gasteiger partial charge in [0.1, 0.15) is 0 Å². The first-order valence-electron chi connectivity index (χ1n) is 6.59. The third-order valence-corrected chi connectivity index (χ3v) is 3.72. The SMILES string of the molecule is COC[C@@H](C)NC(=O)CSc1nnc(-c2ccc(Cl)cc2)o1. The highest BCUT2D eigenvalue weighted by Gasteiger charge is 2.12. The number of aromatic nitrogens is 2. The molecule has 6 nitrogen and oxygen atoms in total. The average molecular weight is 342 g/mol. The van der Waals surface area contributed by atoms with Gasteiger partial charge in [0, 0.05) is 23.7 Å². The van der Waals surface area contributed by atoms with E-state index in [1.807, 2.05) is 6.92 Å². The molecule has 1 heterocycles.